The SMILES string of the molecule is CCON[C@@H](C)C(=O)OP(=O)(Cl)Oc1ccc(C(F)(F)F)cc1. The van der Waals surface area contributed by atoms with Crippen LogP contribution in [0.5, 0.6) is 5.75 Å². The molecule has 2 atom stereocenters. The van der Waals surface area contributed by atoms with Gasteiger partial charge >= 0.3 is 19.1 Å². The second-order valence-corrected chi connectivity index (χ2v) is 6.70. The van der Waals surface area contributed by atoms with Gasteiger partial charge in [-0.25, -0.2) is 9.36 Å². The van der Waals surface area contributed by atoms with E-state index in [2.05, 4.69) is 10.0 Å². The average Bonchev–Trinajstić information content (AvgIpc) is 2.43. The maximum absolute atomic E-state index is 12.4. The number of carbonyl (C=O) groups excluding carboxylic acids is 1. The summed E-state index contributed by atoms with van der Waals surface area (Å²) in [5, 5.41) is 0. The Morgan fingerprint density at radius 3 is 2.39 bits per heavy atom. The molecule has 6 nitrogen and oxygen atoms in total. The Morgan fingerprint density at radius 2 is 1.91 bits per heavy atom. The van der Waals surface area contributed by atoms with Crippen LogP contribution in [0.25, 0.3) is 0 Å². The van der Waals surface area contributed by atoms with Crippen molar-refractivity contribution >= 4 is 24.2 Å². The van der Waals surface area contributed by atoms with Crippen molar-refractivity contribution in [2.75, 3.05) is 6.61 Å². The predicted octanol–water partition coefficient (Wildman–Crippen LogP) is 3.90. The van der Waals surface area contributed by atoms with E-state index in [1.165, 1.54) is 6.92 Å². The highest BCUT2D eigenvalue weighted by Crippen LogP contribution is 2.53. The van der Waals surface area contributed by atoms with E-state index in [4.69, 9.17) is 20.6 Å². The largest absolute Gasteiger partial charge is 0.532 e. The summed E-state index contributed by atoms with van der Waals surface area (Å²) in [5.74, 6) is -1.25. The summed E-state index contributed by atoms with van der Waals surface area (Å²) in [6, 6.07) is 2.28. The molecular weight excluding hydrogens is 362 g/mol. The Morgan fingerprint density at radius 1 is 1.35 bits per heavy atom. The van der Waals surface area contributed by atoms with Crippen LogP contribution in [0.4, 0.5) is 13.2 Å². The van der Waals surface area contributed by atoms with Crippen molar-refractivity contribution in [2.24, 2.45) is 0 Å². The van der Waals surface area contributed by atoms with Gasteiger partial charge in [-0.1, -0.05) is 0 Å². The molecule has 1 rings (SSSR count). The lowest BCUT2D eigenvalue weighted by Gasteiger charge is -2.16. The molecule has 1 unspecified atom stereocenters. The van der Waals surface area contributed by atoms with E-state index in [9.17, 15) is 22.5 Å². The third kappa shape index (κ3) is 6.78. The van der Waals surface area contributed by atoms with Crippen molar-refractivity contribution in [1.29, 1.82) is 0 Å². The van der Waals surface area contributed by atoms with Crippen LogP contribution >= 0.6 is 18.2 Å². The van der Waals surface area contributed by atoms with Crippen LogP contribution in [0.3, 0.4) is 0 Å². The van der Waals surface area contributed by atoms with E-state index in [-0.39, 0.29) is 12.4 Å². The van der Waals surface area contributed by atoms with Crippen molar-refractivity contribution in [3.05, 3.63) is 29.8 Å². The van der Waals surface area contributed by atoms with Gasteiger partial charge in [0.15, 0.2) is 0 Å². The van der Waals surface area contributed by atoms with E-state index in [0.29, 0.717) is 12.1 Å². The van der Waals surface area contributed by atoms with Gasteiger partial charge in [0, 0.05) is 11.2 Å². The number of alkyl halides is 3. The molecule has 0 aliphatic heterocycles. The van der Waals surface area contributed by atoms with Gasteiger partial charge in [-0.05, 0) is 38.1 Å². The molecule has 0 amide bonds. The Labute approximate surface area is 135 Å². The summed E-state index contributed by atoms with van der Waals surface area (Å²) in [6.07, 6.45) is -4.52. The molecule has 130 valence electrons. The third-order valence-electron chi connectivity index (χ3n) is 2.35. The zero-order valence-corrected chi connectivity index (χ0v) is 13.7. The molecular formula is C12H14ClF3NO5P. The first kappa shape index (κ1) is 19.8. The Hall–Kier alpha value is -1.28. The van der Waals surface area contributed by atoms with Crippen LogP contribution in [0.1, 0.15) is 19.4 Å². The number of hydroxylamine groups is 1. The summed E-state index contributed by atoms with van der Waals surface area (Å²) >= 11 is 5.47. The third-order valence-corrected chi connectivity index (χ3v) is 3.59. The maximum Gasteiger partial charge on any atom is 0.532 e. The molecule has 0 radical (unpaired) electrons. The molecule has 0 aliphatic carbocycles. The van der Waals surface area contributed by atoms with Crippen LogP contribution in [0, 0.1) is 0 Å². The molecule has 11 heteroatoms. The van der Waals surface area contributed by atoms with Crippen molar-refractivity contribution in [2.45, 2.75) is 26.1 Å². The molecule has 23 heavy (non-hydrogen) atoms. The fourth-order valence-electron chi connectivity index (χ4n) is 1.29. The Kier molecular flexibility index (Phi) is 6.88. The second kappa shape index (κ2) is 8.01. The minimum Gasteiger partial charge on any atom is -0.405 e. The first-order valence-electron chi connectivity index (χ1n) is 6.32. The van der Waals surface area contributed by atoms with Gasteiger partial charge in [0.25, 0.3) is 0 Å². The fraction of sp³-hybridized carbons (Fsp3) is 0.417. The summed E-state index contributed by atoms with van der Waals surface area (Å²) in [4.78, 5) is 16.4. The normalized spacial score (nSPS) is 15.6. The number of rotatable bonds is 7. The predicted molar refractivity (Wildman–Crippen MR) is 75.8 cm³/mol. The molecule has 0 aromatic heterocycles. The van der Waals surface area contributed by atoms with Gasteiger partial charge < -0.3 is 13.9 Å². The molecule has 0 bridgehead atoms. The number of hydrogen-bond donors (Lipinski definition) is 1. The lowest BCUT2D eigenvalue weighted by atomic mass is 10.2. The lowest BCUT2D eigenvalue weighted by molar-refractivity contribution is -0.140. The Bertz CT molecular complexity index is 581. The Balaban J connectivity index is 2.67. The highest BCUT2D eigenvalue weighted by Gasteiger charge is 2.32. The van der Waals surface area contributed by atoms with Crippen molar-refractivity contribution in [3.63, 3.8) is 0 Å². The van der Waals surface area contributed by atoms with Gasteiger partial charge in [0.2, 0.25) is 0 Å². The van der Waals surface area contributed by atoms with Crippen LogP contribution in [-0.2, 0) is 24.9 Å². The van der Waals surface area contributed by atoms with E-state index >= 15 is 0 Å². The van der Waals surface area contributed by atoms with Crippen LogP contribution in [-0.4, -0.2) is 18.6 Å². The molecule has 0 spiro atoms. The highest BCUT2D eigenvalue weighted by molar-refractivity contribution is 7.82. The van der Waals surface area contributed by atoms with Gasteiger partial charge in [-0.15, -0.1) is 0 Å². The molecule has 0 saturated heterocycles. The minimum atomic E-state index is -4.52. The van der Waals surface area contributed by atoms with E-state index in [0.717, 1.165) is 12.1 Å². The molecule has 0 fully saturated rings. The van der Waals surface area contributed by atoms with Gasteiger partial charge in [-0.2, -0.15) is 18.7 Å². The quantitative estimate of drug-likeness (QED) is 0.575. The van der Waals surface area contributed by atoms with Crippen LogP contribution < -0.4 is 10.0 Å². The highest BCUT2D eigenvalue weighted by atomic mass is 35.7. The van der Waals surface area contributed by atoms with E-state index in [1.54, 1.807) is 6.92 Å². The van der Waals surface area contributed by atoms with Gasteiger partial charge in [0.05, 0.1) is 12.2 Å². The van der Waals surface area contributed by atoms with Crippen LogP contribution in [0.15, 0.2) is 24.3 Å². The number of carbonyl (C=O) groups is 1. The van der Waals surface area contributed by atoms with E-state index in [1.807, 2.05) is 0 Å². The second-order valence-electron chi connectivity index (χ2n) is 4.23. The monoisotopic (exact) mass is 375 g/mol. The summed E-state index contributed by atoms with van der Waals surface area (Å²) in [5.41, 5.74) is 1.39. The molecule has 1 aromatic rings. The molecule has 0 aliphatic rings. The van der Waals surface area contributed by atoms with Gasteiger partial charge in [-0.3, -0.25) is 0 Å². The molecule has 1 N–H and O–H groups in total. The van der Waals surface area contributed by atoms with Gasteiger partial charge in [0.1, 0.15) is 11.8 Å². The minimum absolute atomic E-state index is 0.241. The summed E-state index contributed by atoms with van der Waals surface area (Å²) in [6.45, 7) is -1.05. The smallest absolute Gasteiger partial charge is 0.405 e. The molecule has 0 saturated carbocycles. The standard InChI is InChI=1S/C12H14ClF3NO5P/c1-3-20-17-8(2)11(18)22-23(13,19)21-10-6-4-9(5-7-10)12(14,15)16/h4-8,17H,3H2,1-2H3/t8-,23?/m0/s1. The zero-order valence-electron chi connectivity index (χ0n) is 12.1. The maximum atomic E-state index is 12.4. The lowest BCUT2D eigenvalue weighted by Crippen LogP contribution is -2.34. The number of nitrogens with one attached hydrogen (secondary N) is 1. The first-order valence-corrected chi connectivity index (χ1v) is 8.77. The molecule has 1 aromatic carbocycles. The zero-order chi connectivity index (χ0) is 17.7. The topological polar surface area (TPSA) is 73.9 Å². The summed E-state index contributed by atoms with van der Waals surface area (Å²) < 4.78 is 58.3. The fourth-order valence-corrected chi connectivity index (χ4v) is 2.52. The van der Waals surface area contributed by atoms with Crippen molar-refractivity contribution in [1.82, 2.24) is 5.48 Å². The van der Waals surface area contributed by atoms with E-state index < -0.39 is 30.7 Å². The molecule has 0 heterocycles. The van der Waals surface area contributed by atoms with Crippen molar-refractivity contribution < 1.29 is 36.4 Å². The summed E-state index contributed by atoms with van der Waals surface area (Å²) in [7, 11) is 0. The van der Waals surface area contributed by atoms with Crippen LogP contribution in [0.2, 0.25) is 0 Å². The number of hydrogen-bond acceptors (Lipinski definition) is 6. The average molecular weight is 376 g/mol. The number of halogens is 4. The number of benzene rings is 1. The van der Waals surface area contributed by atoms with Crippen molar-refractivity contribution in [3.8, 4) is 5.75 Å². The first-order chi connectivity index (χ1) is 10.5.